The molecule has 0 unspecified atom stereocenters. The zero-order chi connectivity index (χ0) is 7.56. The van der Waals surface area contributed by atoms with E-state index in [1.807, 2.05) is 0 Å². The Balaban J connectivity index is 3.06. The topological polar surface area (TPSA) is 20.2 Å². The second-order valence-corrected chi connectivity index (χ2v) is 2.75. The van der Waals surface area contributed by atoms with Gasteiger partial charge in [-0.25, -0.2) is 4.39 Å². The van der Waals surface area contributed by atoms with Gasteiger partial charge in [-0.1, -0.05) is 22.0 Å². The Bertz CT molecular complexity index is 221. The molecule has 1 rings (SSSR count). The molecule has 1 radical (unpaired) electrons. The first-order valence-corrected chi connectivity index (χ1v) is 3.45. The van der Waals surface area contributed by atoms with Crippen LogP contribution < -0.4 is 5.46 Å². The van der Waals surface area contributed by atoms with Crippen LogP contribution in [0.1, 0.15) is 0 Å². The molecule has 1 N–H and O–H groups in total. The summed E-state index contributed by atoms with van der Waals surface area (Å²) in [6.07, 6.45) is 0. The summed E-state index contributed by atoms with van der Waals surface area (Å²) in [6.45, 7) is 0. The predicted octanol–water partition coefficient (Wildman–Crippen LogP) is 0.825. The Hall–Kier alpha value is -0.345. The molecule has 0 aromatic heterocycles. The molecule has 0 bridgehead atoms. The van der Waals surface area contributed by atoms with Crippen molar-refractivity contribution in [3.63, 3.8) is 0 Å². The first-order valence-electron chi connectivity index (χ1n) is 2.66. The van der Waals surface area contributed by atoms with Gasteiger partial charge in [0.05, 0.1) is 0 Å². The second kappa shape index (κ2) is 3.17. The molecule has 0 spiro atoms. The lowest BCUT2D eigenvalue weighted by molar-refractivity contribution is 0.611. The molecule has 1 aromatic rings. The molecule has 0 amide bonds. The van der Waals surface area contributed by atoms with Crippen molar-refractivity contribution in [1.29, 1.82) is 0 Å². The fourth-order valence-corrected chi connectivity index (χ4v) is 1.13. The summed E-state index contributed by atoms with van der Waals surface area (Å²) in [6, 6.07) is 4.18. The Labute approximate surface area is 67.3 Å². The zero-order valence-corrected chi connectivity index (χ0v) is 6.60. The fraction of sp³-hybridized carbons (Fsp3) is 0. The molecule has 0 saturated carbocycles. The average Bonchev–Trinajstić information content (AvgIpc) is 1.85. The lowest BCUT2D eigenvalue weighted by Gasteiger charge is -1.94. The van der Waals surface area contributed by atoms with Crippen LogP contribution in [0.2, 0.25) is 0 Å². The first-order chi connectivity index (χ1) is 4.72. The molecular weight excluding hydrogens is 198 g/mol. The molecule has 4 heteroatoms. The van der Waals surface area contributed by atoms with E-state index < -0.39 is 0 Å². The van der Waals surface area contributed by atoms with E-state index in [4.69, 9.17) is 5.02 Å². The average molecular weight is 202 g/mol. The van der Waals surface area contributed by atoms with Crippen LogP contribution in [0.3, 0.4) is 0 Å². The Kier molecular flexibility index (Phi) is 2.46. The van der Waals surface area contributed by atoms with Crippen LogP contribution in [0.25, 0.3) is 0 Å². The van der Waals surface area contributed by atoms with E-state index in [1.54, 1.807) is 6.07 Å². The number of hydrogen-bond acceptors (Lipinski definition) is 1. The highest BCUT2D eigenvalue weighted by atomic mass is 79.9. The molecule has 0 aliphatic carbocycles. The molecule has 0 heterocycles. The molecule has 0 atom stereocenters. The Morgan fingerprint density at radius 1 is 1.40 bits per heavy atom. The second-order valence-electron chi connectivity index (χ2n) is 1.83. The SMILES string of the molecule is O[B]c1cc(F)cc(Br)c1. The minimum absolute atomic E-state index is 0.366. The smallest absolute Gasteiger partial charge is 0.326 e. The summed E-state index contributed by atoms with van der Waals surface area (Å²) >= 11 is 3.08. The van der Waals surface area contributed by atoms with Gasteiger partial charge in [-0.3, -0.25) is 0 Å². The summed E-state index contributed by atoms with van der Waals surface area (Å²) in [5, 5.41) is 8.47. The molecule has 1 aromatic carbocycles. The van der Waals surface area contributed by atoms with Crippen LogP contribution in [0.15, 0.2) is 22.7 Å². The number of hydrogen-bond donors (Lipinski definition) is 1. The quantitative estimate of drug-likeness (QED) is 0.668. The van der Waals surface area contributed by atoms with Gasteiger partial charge in [0.25, 0.3) is 0 Å². The van der Waals surface area contributed by atoms with Crippen molar-refractivity contribution in [2.75, 3.05) is 0 Å². The third-order valence-corrected chi connectivity index (χ3v) is 1.49. The molecule has 51 valence electrons. The molecule has 0 fully saturated rings. The number of halogens is 2. The van der Waals surface area contributed by atoms with Crippen molar-refractivity contribution in [2.24, 2.45) is 0 Å². The Morgan fingerprint density at radius 3 is 2.60 bits per heavy atom. The highest BCUT2D eigenvalue weighted by Gasteiger charge is 1.97. The van der Waals surface area contributed by atoms with E-state index >= 15 is 0 Å². The summed E-state index contributed by atoms with van der Waals surface area (Å²) in [5.41, 5.74) is 0.451. The van der Waals surface area contributed by atoms with E-state index in [-0.39, 0.29) is 5.82 Å². The molecule has 10 heavy (non-hydrogen) atoms. The highest BCUT2D eigenvalue weighted by molar-refractivity contribution is 9.10. The molecule has 0 saturated heterocycles. The molecule has 0 aliphatic heterocycles. The van der Waals surface area contributed by atoms with Gasteiger partial charge >= 0.3 is 7.48 Å². The lowest BCUT2D eigenvalue weighted by atomic mass is 9.89. The van der Waals surface area contributed by atoms with Gasteiger partial charge in [0, 0.05) is 4.47 Å². The molecular formula is C6H4BBrFO. The van der Waals surface area contributed by atoms with Gasteiger partial charge < -0.3 is 5.02 Å². The van der Waals surface area contributed by atoms with Crippen LogP contribution in [-0.4, -0.2) is 12.5 Å². The van der Waals surface area contributed by atoms with Crippen molar-refractivity contribution >= 4 is 28.9 Å². The maximum Gasteiger partial charge on any atom is 0.326 e. The minimum atomic E-state index is -0.366. The number of rotatable bonds is 1. The zero-order valence-electron chi connectivity index (χ0n) is 5.01. The minimum Gasteiger partial charge on any atom is -0.450 e. The van der Waals surface area contributed by atoms with Crippen molar-refractivity contribution in [1.82, 2.24) is 0 Å². The predicted molar refractivity (Wildman–Crippen MR) is 41.7 cm³/mol. The van der Waals surface area contributed by atoms with Gasteiger partial charge in [0.15, 0.2) is 0 Å². The third kappa shape index (κ3) is 1.82. The van der Waals surface area contributed by atoms with Gasteiger partial charge in [0.1, 0.15) is 5.82 Å². The van der Waals surface area contributed by atoms with E-state index in [0.717, 1.165) is 7.48 Å². The van der Waals surface area contributed by atoms with Crippen molar-refractivity contribution < 1.29 is 9.41 Å². The van der Waals surface area contributed by atoms with E-state index in [9.17, 15) is 4.39 Å². The van der Waals surface area contributed by atoms with E-state index in [2.05, 4.69) is 15.9 Å². The van der Waals surface area contributed by atoms with Crippen LogP contribution in [-0.2, 0) is 0 Å². The first kappa shape index (κ1) is 7.76. The lowest BCUT2D eigenvalue weighted by Crippen LogP contribution is -2.13. The van der Waals surface area contributed by atoms with Crippen molar-refractivity contribution in [2.45, 2.75) is 0 Å². The number of benzene rings is 1. The van der Waals surface area contributed by atoms with Crippen LogP contribution in [0.4, 0.5) is 4.39 Å². The van der Waals surface area contributed by atoms with Gasteiger partial charge in [-0.2, -0.15) is 0 Å². The van der Waals surface area contributed by atoms with Crippen molar-refractivity contribution in [3.05, 3.63) is 28.5 Å². The van der Waals surface area contributed by atoms with Crippen molar-refractivity contribution in [3.8, 4) is 0 Å². The van der Waals surface area contributed by atoms with Gasteiger partial charge in [-0.05, 0) is 17.6 Å². The van der Waals surface area contributed by atoms with Crippen LogP contribution >= 0.6 is 15.9 Å². The normalized spacial score (nSPS) is 9.50. The molecule has 0 aliphatic rings. The third-order valence-electron chi connectivity index (χ3n) is 1.03. The summed E-state index contributed by atoms with van der Waals surface area (Å²) in [4.78, 5) is 0. The van der Waals surface area contributed by atoms with E-state index in [0.29, 0.717) is 9.94 Å². The summed E-state index contributed by atoms with van der Waals surface area (Å²) in [7, 11) is 0.855. The standard InChI is InChI=1S/C6H4BBrFO/c8-5-1-4(7-10)2-6(9)3-5/h1-3,10H. The maximum atomic E-state index is 12.5. The summed E-state index contributed by atoms with van der Waals surface area (Å²) in [5.74, 6) is -0.366. The van der Waals surface area contributed by atoms with Crippen LogP contribution in [0, 0.1) is 5.82 Å². The highest BCUT2D eigenvalue weighted by Crippen LogP contribution is 2.08. The van der Waals surface area contributed by atoms with E-state index in [1.165, 1.54) is 12.1 Å². The van der Waals surface area contributed by atoms with Gasteiger partial charge in [0.2, 0.25) is 0 Å². The van der Waals surface area contributed by atoms with Gasteiger partial charge in [-0.15, -0.1) is 0 Å². The fourth-order valence-electron chi connectivity index (χ4n) is 0.650. The largest absolute Gasteiger partial charge is 0.450 e. The maximum absolute atomic E-state index is 12.5. The monoisotopic (exact) mass is 201 g/mol. The Morgan fingerprint density at radius 2 is 2.10 bits per heavy atom. The summed E-state index contributed by atoms with van der Waals surface area (Å²) < 4.78 is 13.1. The van der Waals surface area contributed by atoms with Crippen LogP contribution in [0.5, 0.6) is 0 Å². The molecule has 1 nitrogen and oxygen atoms in total.